The quantitative estimate of drug-likeness (QED) is 0.765. The Morgan fingerprint density at radius 3 is 2.54 bits per heavy atom. The third kappa shape index (κ3) is 3.30. The number of halogens is 1. The van der Waals surface area contributed by atoms with E-state index in [1.807, 2.05) is 0 Å². The van der Waals surface area contributed by atoms with E-state index in [1.165, 1.54) is 56.5 Å². The van der Waals surface area contributed by atoms with Gasteiger partial charge in [-0.3, -0.25) is 19.5 Å². The summed E-state index contributed by atoms with van der Waals surface area (Å²) in [5.41, 5.74) is 0.634. The number of hydrogen-bond donors (Lipinski definition) is 0. The fraction of sp³-hybridized carbons (Fsp3) is 0.550. The lowest BCUT2D eigenvalue weighted by atomic mass is 9.92. The number of rotatable bonds is 2. The van der Waals surface area contributed by atoms with Crippen LogP contribution in [0, 0.1) is 11.7 Å². The summed E-state index contributed by atoms with van der Waals surface area (Å²) in [6, 6.07) is 4.57. The molecule has 0 aromatic heterocycles. The number of fused-ring (bicyclic) bond motifs is 1. The first-order chi connectivity index (χ1) is 12.6. The first-order valence-corrected chi connectivity index (χ1v) is 9.54. The van der Waals surface area contributed by atoms with Gasteiger partial charge in [-0.15, -0.1) is 0 Å². The van der Waals surface area contributed by atoms with E-state index in [4.69, 9.17) is 0 Å². The van der Waals surface area contributed by atoms with E-state index in [0.29, 0.717) is 24.8 Å². The molecule has 1 aromatic rings. The summed E-state index contributed by atoms with van der Waals surface area (Å²) in [7, 11) is 0. The lowest BCUT2D eigenvalue weighted by Gasteiger charge is -2.41. The van der Waals surface area contributed by atoms with E-state index >= 15 is 0 Å². The summed E-state index contributed by atoms with van der Waals surface area (Å²) < 4.78 is 13.5. The molecule has 0 spiro atoms. The van der Waals surface area contributed by atoms with Crippen molar-refractivity contribution in [1.82, 2.24) is 9.80 Å². The van der Waals surface area contributed by atoms with Crippen LogP contribution in [0.5, 0.6) is 0 Å². The van der Waals surface area contributed by atoms with E-state index in [-0.39, 0.29) is 17.3 Å². The van der Waals surface area contributed by atoms with Crippen LogP contribution in [0.4, 0.5) is 10.1 Å². The number of amides is 1. The average Bonchev–Trinajstić information content (AvgIpc) is 2.69. The van der Waals surface area contributed by atoms with Crippen molar-refractivity contribution in [3.63, 3.8) is 0 Å². The maximum atomic E-state index is 13.5. The zero-order valence-corrected chi connectivity index (χ0v) is 14.9. The van der Waals surface area contributed by atoms with Gasteiger partial charge in [0, 0.05) is 44.0 Å². The maximum Gasteiger partial charge on any atom is 0.239 e. The van der Waals surface area contributed by atoms with E-state index in [9.17, 15) is 14.0 Å². The predicted molar refractivity (Wildman–Crippen MR) is 97.4 cm³/mol. The number of piperazine rings is 1. The zero-order valence-electron chi connectivity index (χ0n) is 14.9. The molecule has 3 aliphatic rings. The van der Waals surface area contributed by atoms with Gasteiger partial charge in [0.25, 0.3) is 0 Å². The van der Waals surface area contributed by atoms with Crippen LogP contribution in [0.3, 0.4) is 0 Å². The highest BCUT2D eigenvalue weighted by molar-refractivity contribution is 6.23. The molecule has 138 valence electrons. The molecule has 1 atom stereocenters. The Labute approximate surface area is 152 Å². The van der Waals surface area contributed by atoms with Crippen LogP contribution in [0.25, 0.3) is 0 Å². The molecule has 0 N–H and O–H groups in total. The maximum absolute atomic E-state index is 13.5. The largest absolute Gasteiger partial charge is 0.339 e. The van der Waals surface area contributed by atoms with Gasteiger partial charge in [0.05, 0.1) is 5.69 Å². The van der Waals surface area contributed by atoms with Crippen molar-refractivity contribution in [3.05, 3.63) is 29.6 Å². The van der Waals surface area contributed by atoms with Crippen molar-refractivity contribution in [1.29, 1.82) is 0 Å². The highest BCUT2D eigenvalue weighted by Crippen LogP contribution is 2.28. The molecule has 4 rings (SSSR count). The van der Waals surface area contributed by atoms with Gasteiger partial charge in [0.15, 0.2) is 5.78 Å². The summed E-state index contributed by atoms with van der Waals surface area (Å²) in [4.78, 5) is 33.9. The summed E-state index contributed by atoms with van der Waals surface area (Å²) >= 11 is 0. The highest BCUT2D eigenvalue weighted by atomic mass is 19.1. The topological polar surface area (TPSA) is 53.0 Å². The summed E-state index contributed by atoms with van der Waals surface area (Å²) in [5.74, 6) is -1.97. The number of carbonyl (C=O) groups excluding carboxylic acids is 2. The Balaban J connectivity index is 1.40. The van der Waals surface area contributed by atoms with Crippen LogP contribution in [0.15, 0.2) is 23.2 Å². The normalized spacial score (nSPS) is 24.6. The lowest BCUT2D eigenvalue weighted by molar-refractivity contribution is -0.134. The number of Topliss-reactive ketones (excluding diaryl/α,β-unsaturated/α-hetero) is 1. The summed E-state index contributed by atoms with van der Waals surface area (Å²) in [6.07, 6.45) is 7.85. The van der Waals surface area contributed by atoms with Gasteiger partial charge in [0.1, 0.15) is 11.7 Å². The first kappa shape index (κ1) is 17.3. The van der Waals surface area contributed by atoms with Gasteiger partial charge in [-0.05, 0) is 31.0 Å². The molecule has 1 saturated heterocycles. The van der Waals surface area contributed by atoms with Crippen molar-refractivity contribution in [3.8, 4) is 0 Å². The van der Waals surface area contributed by atoms with Crippen LogP contribution in [-0.2, 0) is 4.79 Å². The average molecular weight is 357 g/mol. The number of hydrogen-bond acceptors (Lipinski definition) is 4. The van der Waals surface area contributed by atoms with Crippen LogP contribution in [0.1, 0.15) is 42.5 Å². The van der Waals surface area contributed by atoms with Gasteiger partial charge in [0.2, 0.25) is 5.91 Å². The Morgan fingerprint density at radius 1 is 1.08 bits per heavy atom. The summed E-state index contributed by atoms with van der Waals surface area (Å²) in [5, 5.41) is 0. The molecule has 2 heterocycles. The van der Waals surface area contributed by atoms with Crippen molar-refractivity contribution < 1.29 is 14.0 Å². The molecule has 2 fully saturated rings. The second-order valence-electron chi connectivity index (χ2n) is 7.43. The molecule has 0 bridgehead atoms. The van der Waals surface area contributed by atoms with Crippen LogP contribution in [0.2, 0.25) is 0 Å². The molecular weight excluding hydrogens is 333 g/mol. The molecule has 1 saturated carbocycles. The Morgan fingerprint density at radius 2 is 1.81 bits per heavy atom. The molecule has 1 unspecified atom stereocenters. The minimum atomic E-state index is -0.925. The first-order valence-electron chi connectivity index (χ1n) is 9.54. The second kappa shape index (κ2) is 7.27. The van der Waals surface area contributed by atoms with Gasteiger partial charge in [-0.2, -0.15) is 0 Å². The minimum Gasteiger partial charge on any atom is -0.339 e. The third-order valence-corrected chi connectivity index (χ3v) is 5.85. The van der Waals surface area contributed by atoms with Gasteiger partial charge >= 0.3 is 0 Å². The molecule has 26 heavy (non-hydrogen) atoms. The SMILES string of the molecule is O=C1c2cc(F)ccc2N=CC1C(=O)N1CCN(C2CCCCC2)CC1. The summed E-state index contributed by atoms with van der Waals surface area (Å²) in [6.45, 7) is 3.01. The van der Waals surface area contributed by atoms with Gasteiger partial charge in [-0.25, -0.2) is 4.39 Å². The molecule has 5 nitrogen and oxygen atoms in total. The smallest absolute Gasteiger partial charge is 0.239 e. The predicted octanol–water partition coefficient (Wildman–Crippen LogP) is 2.82. The van der Waals surface area contributed by atoms with E-state index in [2.05, 4.69) is 9.89 Å². The fourth-order valence-electron chi connectivity index (χ4n) is 4.33. The van der Waals surface area contributed by atoms with Crippen LogP contribution < -0.4 is 0 Å². The van der Waals surface area contributed by atoms with E-state index in [0.717, 1.165) is 13.1 Å². The fourth-order valence-corrected chi connectivity index (χ4v) is 4.33. The molecule has 0 radical (unpaired) electrons. The molecule has 6 heteroatoms. The van der Waals surface area contributed by atoms with Gasteiger partial charge in [-0.1, -0.05) is 19.3 Å². The number of benzene rings is 1. The van der Waals surface area contributed by atoms with Gasteiger partial charge < -0.3 is 4.90 Å². The van der Waals surface area contributed by atoms with Crippen molar-refractivity contribution >= 4 is 23.6 Å². The van der Waals surface area contributed by atoms with Crippen molar-refractivity contribution in [2.75, 3.05) is 26.2 Å². The van der Waals surface area contributed by atoms with E-state index < -0.39 is 11.7 Å². The molecule has 1 aliphatic carbocycles. The number of ketones is 1. The molecule has 2 aliphatic heterocycles. The Kier molecular flexibility index (Phi) is 4.85. The minimum absolute atomic E-state index is 0.201. The van der Waals surface area contributed by atoms with Crippen LogP contribution >= 0.6 is 0 Å². The Bertz CT molecular complexity index is 735. The highest BCUT2D eigenvalue weighted by Gasteiger charge is 2.35. The molecular formula is C20H24FN3O2. The number of carbonyl (C=O) groups is 2. The third-order valence-electron chi connectivity index (χ3n) is 5.85. The molecule has 1 aromatic carbocycles. The number of nitrogens with zero attached hydrogens (tertiary/aromatic N) is 3. The molecule has 1 amide bonds. The zero-order chi connectivity index (χ0) is 18.1. The number of aliphatic imine (C=N–C) groups is 1. The van der Waals surface area contributed by atoms with Crippen molar-refractivity contribution in [2.45, 2.75) is 38.1 Å². The standard InChI is InChI=1S/C20H24FN3O2/c21-14-6-7-18-16(12-14)19(25)17(13-22-18)20(26)24-10-8-23(9-11-24)15-4-2-1-3-5-15/h6-7,12-13,15,17H,1-5,8-11H2. The lowest BCUT2D eigenvalue weighted by Crippen LogP contribution is -2.54. The van der Waals surface area contributed by atoms with E-state index in [1.54, 1.807) is 4.90 Å². The van der Waals surface area contributed by atoms with Crippen molar-refractivity contribution in [2.24, 2.45) is 10.9 Å². The monoisotopic (exact) mass is 357 g/mol. The van der Waals surface area contributed by atoms with Crippen LogP contribution in [-0.4, -0.2) is 59.9 Å². The Hall–Kier alpha value is -2.08. The second-order valence-corrected chi connectivity index (χ2v) is 7.43.